The van der Waals surface area contributed by atoms with Crippen molar-refractivity contribution in [2.24, 2.45) is 0 Å². The smallest absolute Gasteiger partial charge is 0.194 e. The first-order valence-corrected chi connectivity index (χ1v) is 6.86. The molecule has 0 saturated carbocycles. The molecule has 2 rings (SSSR count). The minimum absolute atomic E-state index is 0.0712. The molecule has 0 heterocycles. The van der Waals surface area contributed by atoms with E-state index >= 15 is 0 Å². The van der Waals surface area contributed by atoms with Gasteiger partial charge in [-0.3, -0.25) is 0 Å². The van der Waals surface area contributed by atoms with Crippen LogP contribution in [0.15, 0.2) is 6.07 Å². The summed E-state index contributed by atoms with van der Waals surface area (Å²) in [5.41, 5.74) is -2.84. The van der Waals surface area contributed by atoms with Crippen molar-refractivity contribution in [3.05, 3.63) is 69.3 Å². The van der Waals surface area contributed by atoms with E-state index in [1.54, 1.807) is 0 Å². The molecule has 0 saturated heterocycles. The van der Waals surface area contributed by atoms with Crippen molar-refractivity contribution in [3.8, 4) is 0 Å². The molecule has 0 atom stereocenters. The van der Waals surface area contributed by atoms with Crippen LogP contribution in [-0.2, 0) is 19.3 Å². The summed E-state index contributed by atoms with van der Waals surface area (Å²) in [6.45, 7) is 1.28. The van der Waals surface area contributed by atoms with Gasteiger partial charge in [-0.25, -0.2) is 35.1 Å². The van der Waals surface area contributed by atoms with E-state index < -0.39 is 76.1 Å². The normalized spacial score (nSPS) is 11.2. The fourth-order valence-corrected chi connectivity index (χ4v) is 2.34. The first-order chi connectivity index (χ1) is 11.2. The second kappa shape index (κ2) is 6.78. The highest BCUT2D eigenvalue weighted by Crippen LogP contribution is 2.27. The summed E-state index contributed by atoms with van der Waals surface area (Å²) in [7, 11) is 0. The average molecular weight is 354 g/mol. The Balaban J connectivity index is 2.43. The zero-order valence-electron chi connectivity index (χ0n) is 12.2. The van der Waals surface area contributed by atoms with Gasteiger partial charge >= 0.3 is 0 Å². The molecule has 0 spiro atoms. The molecule has 2 aromatic carbocycles. The van der Waals surface area contributed by atoms with Gasteiger partial charge in [0.1, 0.15) is 5.82 Å². The summed E-state index contributed by atoms with van der Waals surface area (Å²) in [5, 5.41) is 0. The van der Waals surface area contributed by atoms with Crippen LogP contribution in [0.1, 0.15) is 23.6 Å². The molecule has 0 amide bonds. The van der Waals surface area contributed by atoms with Gasteiger partial charge < -0.3 is 0 Å². The highest BCUT2D eigenvalue weighted by atomic mass is 19.2. The Morgan fingerprint density at radius 2 is 0.958 bits per heavy atom. The molecular weight excluding hydrogens is 344 g/mol. The van der Waals surface area contributed by atoms with E-state index in [0.717, 1.165) is 0 Å². The molecule has 0 fully saturated rings. The van der Waals surface area contributed by atoms with Gasteiger partial charge in [0, 0.05) is 22.8 Å². The molecule has 8 heteroatoms. The first kappa shape index (κ1) is 18.2. The van der Waals surface area contributed by atoms with Crippen LogP contribution in [0.5, 0.6) is 0 Å². The summed E-state index contributed by atoms with van der Waals surface area (Å²) in [4.78, 5) is 0. The summed E-state index contributed by atoms with van der Waals surface area (Å²) in [6.07, 6.45) is -1.99. The second-order valence-corrected chi connectivity index (χ2v) is 5.01. The van der Waals surface area contributed by atoms with E-state index in [1.165, 1.54) is 6.92 Å². The van der Waals surface area contributed by atoms with E-state index in [0.29, 0.717) is 0 Å². The summed E-state index contributed by atoms with van der Waals surface area (Å²) >= 11 is 0. The van der Waals surface area contributed by atoms with Gasteiger partial charge in [0.25, 0.3) is 0 Å². The Morgan fingerprint density at radius 3 is 1.46 bits per heavy atom. The molecule has 0 aromatic heterocycles. The number of benzene rings is 2. The van der Waals surface area contributed by atoms with Crippen molar-refractivity contribution in [1.29, 1.82) is 0 Å². The highest BCUT2D eigenvalue weighted by Gasteiger charge is 2.25. The van der Waals surface area contributed by atoms with Gasteiger partial charge in [0.15, 0.2) is 40.7 Å². The molecule has 24 heavy (non-hydrogen) atoms. The lowest BCUT2D eigenvalue weighted by Crippen LogP contribution is -2.11. The molecule has 0 aliphatic rings. The minimum Gasteiger partial charge on any atom is -0.206 e. The van der Waals surface area contributed by atoms with Crippen LogP contribution >= 0.6 is 0 Å². The third-order valence-corrected chi connectivity index (χ3v) is 3.63. The molecule has 0 N–H and O–H groups in total. The van der Waals surface area contributed by atoms with Crippen molar-refractivity contribution in [1.82, 2.24) is 0 Å². The molecule has 2 aromatic rings. The van der Waals surface area contributed by atoms with Gasteiger partial charge in [-0.1, -0.05) is 6.92 Å². The third-order valence-electron chi connectivity index (χ3n) is 3.63. The lowest BCUT2D eigenvalue weighted by Gasteiger charge is -2.12. The van der Waals surface area contributed by atoms with E-state index in [2.05, 4.69) is 0 Å². The molecule has 0 radical (unpaired) electrons. The Morgan fingerprint density at radius 1 is 0.542 bits per heavy atom. The fourth-order valence-electron chi connectivity index (χ4n) is 2.34. The first-order valence-electron chi connectivity index (χ1n) is 6.86. The lowest BCUT2D eigenvalue weighted by atomic mass is 9.99. The standard InChI is InChI=1S/C16H10F8/c1-2-6-11(19)14(22)8(15(23)12(6)20)4-3-7-9(17)5-10(18)16(24)13(7)21/h5H,2-4H2,1H3. The number of rotatable bonds is 4. The molecule has 130 valence electrons. The van der Waals surface area contributed by atoms with Crippen molar-refractivity contribution >= 4 is 0 Å². The van der Waals surface area contributed by atoms with Gasteiger partial charge in [0.05, 0.1) is 0 Å². The van der Waals surface area contributed by atoms with Crippen molar-refractivity contribution in [3.63, 3.8) is 0 Å². The Bertz CT molecular complexity index is 769. The summed E-state index contributed by atoms with van der Waals surface area (Å²) in [5.74, 6) is -13.6. The third kappa shape index (κ3) is 2.97. The maximum absolute atomic E-state index is 13.8. The number of halogens is 8. The summed E-state index contributed by atoms with van der Waals surface area (Å²) < 4.78 is 108. The van der Waals surface area contributed by atoms with Gasteiger partial charge in [-0.2, -0.15) is 0 Å². The molecule has 0 nitrogen and oxygen atoms in total. The molecule has 0 aliphatic carbocycles. The molecule has 0 bridgehead atoms. The van der Waals surface area contributed by atoms with Crippen LogP contribution in [0, 0.1) is 46.5 Å². The van der Waals surface area contributed by atoms with Gasteiger partial charge in [-0.05, 0) is 19.3 Å². The van der Waals surface area contributed by atoms with Crippen molar-refractivity contribution in [2.75, 3.05) is 0 Å². The minimum atomic E-state index is -1.95. The predicted molar refractivity (Wildman–Crippen MR) is 69.3 cm³/mol. The molecule has 0 aliphatic heterocycles. The quantitative estimate of drug-likeness (QED) is 0.405. The van der Waals surface area contributed by atoms with E-state index in [1.807, 2.05) is 0 Å². The van der Waals surface area contributed by atoms with Crippen molar-refractivity contribution < 1.29 is 35.1 Å². The largest absolute Gasteiger partial charge is 0.206 e. The molecular formula is C16H10F8. The Labute approximate surface area is 131 Å². The zero-order chi connectivity index (χ0) is 18.2. The average Bonchev–Trinajstić information content (AvgIpc) is 2.54. The summed E-state index contributed by atoms with van der Waals surface area (Å²) in [6, 6.07) is 0.0712. The second-order valence-electron chi connectivity index (χ2n) is 5.01. The topological polar surface area (TPSA) is 0 Å². The zero-order valence-corrected chi connectivity index (χ0v) is 12.2. The van der Waals surface area contributed by atoms with Gasteiger partial charge in [-0.15, -0.1) is 0 Å². The lowest BCUT2D eigenvalue weighted by molar-refractivity contribution is 0.417. The van der Waals surface area contributed by atoms with Crippen LogP contribution in [0.2, 0.25) is 0 Å². The Kier molecular flexibility index (Phi) is 5.15. The molecule has 0 unspecified atom stereocenters. The highest BCUT2D eigenvalue weighted by molar-refractivity contribution is 5.31. The van der Waals surface area contributed by atoms with Crippen molar-refractivity contribution in [2.45, 2.75) is 26.2 Å². The van der Waals surface area contributed by atoms with E-state index in [9.17, 15) is 35.1 Å². The van der Waals surface area contributed by atoms with E-state index in [4.69, 9.17) is 0 Å². The van der Waals surface area contributed by atoms with E-state index in [-0.39, 0.29) is 12.5 Å². The van der Waals surface area contributed by atoms with Gasteiger partial charge in [0.2, 0.25) is 0 Å². The predicted octanol–water partition coefficient (Wildman–Crippen LogP) is 5.15. The fraction of sp³-hybridized carbons (Fsp3) is 0.250. The van der Waals surface area contributed by atoms with Crippen LogP contribution in [0.25, 0.3) is 0 Å². The number of hydrogen-bond donors (Lipinski definition) is 0. The van der Waals surface area contributed by atoms with Crippen LogP contribution < -0.4 is 0 Å². The SMILES string of the molecule is CCc1c(F)c(F)c(CCc2c(F)cc(F)c(F)c2F)c(F)c1F. The monoisotopic (exact) mass is 354 g/mol. The van der Waals surface area contributed by atoms with Crippen LogP contribution in [0.4, 0.5) is 35.1 Å². The van der Waals surface area contributed by atoms with Crippen LogP contribution in [-0.4, -0.2) is 0 Å². The maximum atomic E-state index is 13.8. The number of hydrogen-bond acceptors (Lipinski definition) is 0. The Hall–Kier alpha value is -2.12. The maximum Gasteiger partial charge on any atom is 0.194 e. The van der Waals surface area contributed by atoms with Crippen LogP contribution in [0.3, 0.4) is 0 Å².